The van der Waals surface area contributed by atoms with Crippen LogP contribution in [-0.2, 0) is 14.3 Å². The highest BCUT2D eigenvalue weighted by Gasteiger charge is 2.29. The molecule has 0 radical (unpaired) electrons. The Morgan fingerprint density at radius 2 is 1.62 bits per heavy atom. The zero-order chi connectivity index (χ0) is 26.2. The molecule has 190 valence electrons. The first-order chi connectivity index (χ1) is 18.0. The van der Waals surface area contributed by atoms with Gasteiger partial charge < -0.3 is 19.7 Å². The predicted octanol–water partition coefficient (Wildman–Crippen LogP) is 6.81. The quantitative estimate of drug-likeness (QED) is 0.207. The molecule has 0 heterocycles. The molecule has 0 bridgehead atoms. The molecule has 0 saturated carbocycles. The van der Waals surface area contributed by atoms with E-state index in [1.54, 1.807) is 24.3 Å². The van der Waals surface area contributed by atoms with Crippen LogP contribution >= 0.6 is 0 Å². The minimum absolute atomic E-state index is 0.121. The monoisotopic (exact) mass is 499 g/mol. The van der Waals surface area contributed by atoms with Gasteiger partial charge in [0.15, 0.2) is 6.10 Å². The molecule has 0 aliphatic heterocycles. The van der Waals surface area contributed by atoms with Gasteiger partial charge in [0.05, 0.1) is 11.8 Å². The molecule has 2 atom stereocenters. The number of aliphatic carboxylic acids is 1. The van der Waals surface area contributed by atoms with E-state index >= 15 is 0 Å². The standard InChI is InChI=1S/C30H29NO6/c1-2-36-27(16-7-8-17-28(33)34)29(24-18-19-26(32)23-14-6-5-13-22(23)24)37-30(35)31-25-15-9-11-20-10-3-4-12-21(20)25/h3-6,8-15,17-19,27,29,32H,2,7,16H2,1H3,(H,31,35)(H,33,34)/b17-8+/t27-,29-/m0/s1. The van der Waals surface area contributed by atoms with E-state index in [0.717, 1.165) is 22.2 Å². The number of ether oxygens (including phenoxy) is 2. The lowest BCUT2D eigenvalue weighted by atomic mass is 9.94. The highest BCUT2D eigenvalue weighted by Crippen LogP contribution is 2.36. The van der Waals surface area contributed by atoms with Crippen LogP contribution in [-0.4, -0.2) is 35.0 Å². The van der Waals surface area contributed by atoms with Crippen LogP contribution in [0, 0.1) is 0 Å². The Balaban J connectivity index is 1.68. The third-order valence-electron chi connectivity index (χ3n) is 6.10. The van der Waals surface area contributed by atoms with Crippen LogP contribution in [0.15, 0.2) is 91.0 Å². The van der Waals surface area contributed by atoms with Gasteiger partial charge in [0.25, 0.3) is 0 Å². The normalized spacial score (nSPS) is 13.0. The maximum Gasteiger partial charge on any atom is 0.412 e. The number of fused-ring (bicyclic) bond motifs is 2. The molecule has 7 nitrogen and oxygen atoms in total. The topological polar surface area (TPSA) is 105 Å². The summed E-state index contributed by atoms with van der Waals surface area (Å²) in [5.41, 5.74) is 1.30. The van der Waals surface area contributed by atoms with Gasteiger partial charge in [0.1, 0.15) is 5.75 Å². The third-order valence-corrected chi connectivity index (χ3v) is 6.10. The Morgan fingerprint density at radius 3 is 2.38 bits per heavy atom. The van der Waals surface area contributed by atoms with Crippen molar-refractivity contribution in [3.05, 3.63) is 96.6 Å². The number of aromatic hydroxyl groups is 1. The second kappa shape index (κ2) is 12.1. The van der Waals surface area contributed by atoms with Crippen molar-refractivity contribution in [2.45, 2.75) is 32.0 Å². The molecule has 4 aromatic carbocycles. The van der Waals surface area contributed by atoms with Crippen molar-refractivity contribution < 1.29 is 29.3 Å². The lowest BCUT2D eigenvalue weighted by molar-refractivity contribution is -0.131. The summed E-state index contributed by atoms with van der Waals surface area (Å²) in [5.74, 6) is -0.907. The number of carbonyl (C=O) groups is 2. The number of amides is 1. The van der Waals surface area contributed by atoms with E-state index in [1.165, 1.54) is 0 Å². The summed E-state index contributed by atoms with van der Waals surface area (Å²) >= 11 is 0. The number of hydrogen-bond donors (Lipinski definition) is 3. The summed E-state index contributed by atoms with van der Waals surface area (Å²) in [6, 6.07) is 24.0. The summed E-state index contributed by atoms with van der Waals surface area (Å²) in [6.45, 7) is 2.22. The van der Waals surface area contributed by atoms with E-state index in [4.69, 9.17) is 14.6 Å². The molecular formula is C30H29NO6. The summed E-state index contributed by atoms with van der Waals surface area (Å²) in [7, 11) is 0. The molecule has 37 heavy (non-hydrogen) atoms. The number of rotatable bonds is 10. The number of anilines is 1. The Bertz CT molecular complexity index is 1430. The zero-order valence-electron chi connectivity index (χ0n) is 20.5. The van der Waals surface area contributed by atoms with Crippen molar-refractivity contribution in [3.63, 3.8) is 0 Å². The van der Waals surface area contributed by atoms with Crippen LogP contribution in [0.4, 0.5) is 10.5 Å². The number of hydrogen-bond acceptors (Lipinski definition) is 5. The number of phenolic OH excluding ortho intramolecular Hbond substituents is 1. The molecule has 0 unspecified atom stereocenters. The summed E-state index contributed by atoms with van der Waals surface area (Å²) in [4.78, 5) is 24.1. The maximum atomic E-state index is 13.2. The van der Waals surface area contributed by atoms with Gasteiger partial charge in [-0.15, -0.1) is 0 Å². The van der Waals surface area contributed by atoms with Gasteiger partial charge in [-0.2, -0.15) is 0 Å². The molecular weight excluding hydrogens is 470 g/mol. The van der Waals surface area contributed by atoms with Crippen molar-refractivity contribution in [2.75, 3.05) is 11.9 Å². The molecule has 0 aromatic heterocycles. The minimum Gasteiger partial charge on any atom is -0.507 e. The van der Waals surface area contributed by atoms with E-state index < -0.39 is 24.3 Å². The minimum atomic E-state index is -1.03. The number of carboxylic acids is 1. The van der Waals surface area contributed by atoms with Crippen LogP contribution in [0.1, 0.15) is 31.4 Å². The van der Waals surface area contributed by atoms with E-state index in [9.17, 15) is 14.7 Å². The average Bonchev–Trinajstić information content (AvgIpc) is 2.90. The number of carbonyl (C=O) groups excluding carboxylic acids is 1. The van der Waals surface area contributed by atoms with Crippen molar-refractivity contribution in [3.8, 4) is 5.75 Å². The van der Waals surface area contributed by atoms with Crippen molar-refractivity contribution in [2.24, 2.45) is 0 Å². The Morgan fingerprint density at radius 1 is 0.919 bits per heavy atom. The maximum absolute atomic E-state index is 13.2. The van der Waals surface area contributed by atoms with Gasteiger partial charge in [0.2, 0.25) is 0 Å². The van der Waals surface area contributed by atoms with E-state index in [2.05, 4.69) is 5.32 Å². The number of benzene rings is 4. The lowest BCUT2D eigenvalue weighted by Crippen LogP contribution is -2.29. The Hall–Kier alpha value is -4.36. The number of phenols is 1. The van der Waals surface area contributed by atoms with Gasteiger partial charge in [0, 0.05) is 29.0 Å². The third kappa shape index (κ3) is 6.26. The van der Waals surface area contributed by atoms with Crippen molar-refractivity contribution in [1.82, 2.24) is 0 Å². The molecule has 1 amide bonds. The Labute approximate surface area is 215 Å². The van der Waals surface area contributed by atoms with Gasteiger partial charge >= 0.3 is 12.1 Å². The summed E-state index contributed by atoms with van der Waals surface area (Å²) < 4.78 is 12.1. The SMILES string of the molecule is CCO[C@@H](CC/C=C/C(=O)O)[C@@H](OC(=O)Nc1cccc2ccccc12)c1ccc(O)c2ccccc12. The number of allylic oxidation sites excluding steroid dienone is 1. The molecule has 4 aromatic rings. The molecule has 0 spiro atoms. The fraction of sp³-hybridized carbons (Fsp3) is 0.200. The largest absolute Gasteiger partial charge is 0.507 e. The first-order valence-electron chi connectivity index (χ1n) is 12.1. The number of nitrogens with one attached hydrogen (secondary N) is 1. The van der Waals surface area contributed by atoms with E-state index in [1.807, 2.05) is 67.6 Å². The average molecular weight is 500 g/mol. The zero-order valence-corrected chi connectivity index (χ0v) is 20.5. The first-order valence-corrected chi connectivity index (χ1v) is 12.1. The Kier molecular flexibility index (Phi) is 8.38. The highest BCUT2D eigenvalue weighted by molar-refractivity contribution is 6.00. The van der Waals surface area contributed by atoms with Gasteiger partial charge in [-0.05, 0) is 42.7 Å². The van der Waals surface area contributed by atoms with Crippen LogP contribution in [0.25, 0.3) is 21.5 Å². The second-order valence-corrected chi connectivity index (χ2v) is 8.51. The molecule has 0 aliphatic carbocycles. The smallest absolute Gasteiger partial charge is 0.412 e. The van der Waals surface area contributed by atoms with Crippen molar-refractivity contribution >= 4 is 39.3 Å². The fourth-order valence-corrected chi connectivity index (χ4v) is 4.46. The van der Waals surface area contributed by atoms with Crippen LogP contribution in [0.2, 0.25) is 0 Å². The summed E-state index contributed by atoms with van der Waals surface area (Å²) in [6.07, 6.45) is 1.44. The van der Waals surface area contributed by atoms with E-state index in [-0.39, 0.29) is 5.75 Å². The molecule has 7 heteroatoms. The van der Waals surface area contributed by atoms with Gasteiger partial charge in [-0.25, -0.2) is 9.59 Å². The molecule has 3 N–H and O–H groups in total. The number of carboxylic acid groups (broad SMARTS) is 1. The fourth-order valence-electron chi connectivity index (χ4n) is 4.46. The van der Waals surface area contributed by atoms with Crippen LogP contribution < -0.4 is 5.32 Å². The molecule has 4 rings (SSSR count). The van der Waals surface area contributed by atoms with Gasteiger partial charge in [-0.1, -0.05) is 72.8 Å². The van der Waals surface area contributed by atoms with Crippen LogP contribution in [0.5, 0.6) is 5.75 Å². The predicted molar refractivity (Wildman–Crippen MR) is 144 cm³/mol. The summed E-state index contributed by atoms with van der Waals surface area (Å²) in [5, 5.41) is 25.4. The second-order valence-electron chi connectivity index (χ2n) is 8.51. The molecule has 0 fully saturated rings. The molecule has 0 aliphatic rings. The van der Waals surface area contributed by atoms with E-state index in [0.29, 0.717) is 36.1 Å². The van der Waals surface area contributed by atoms with Crippen LogP contribution in [0.3, 0.4) is 0 Å². The first kappa shape index (κ1) is 25.7. The van der Waals surface area contributed by atoms with Crippen molar-refractivity contribution in [1.29, 1.82) is 0 Å². The lowest BCUT2D eigenvalue weighted by Gasteiger charge is -2.28. The van der Waals surface area contributed by atoms with Gasteiger partial charge in [-0.3, -0.25) is 5.32 Å². The highest BCUT2D eigenvalue weighted by atomic mass is 16.6. The molecule has 0 saturated heterocycles.